The molecule has 1 rings (SSSR count). The van der Waals surface area contributed by atoms with E-state index in [1.54, 1.807) is 0 Å². The lowest BCUT2D eigenvalue weighted by molar-refractivity contribution is -0.139. The van der Waals surface area contributed by atoms with Gasteiger partial charge in [-0.15, -0.1) is 11.3 Å². The van der Waals surface area contributed by atoms with E-state index in [0.717, 1.165) is 17.6 Å². The van der Waals surface area contributed by atoms with E-state index >= 15 is 0 Å². The Bertz CT molecular complexity index is 603. The summed E-state index contributed by atoms with van der Waals surface area (Å²) in [5.74, 6) is -1.56. The molecule has 0 spiro atoms. The van der Waals surface area contributed by atoms with E-state index in [-0.39, 0.29) is 15.7 Å². The smallest absolute Gasteiger partial charge is 0.326 e. The van der Waals surface area contributed by atoms with Crippen molar-refractivity contribution in [2.24, 2.45) is 5.92 Å². The average Bonchev–Trinajstić information content (AvgIpc) is 2.75. The molecule has 0 aliphatic heterocycles. The summed E-state index contributed by atoms with van der Waals surface area (Å²) in [6, 6.07) is 0.273. The van der Waals surface area contributed by atoms with Gasteiger partial charge < -0.3 is 10.4 Å². The first kappa shape index (κ1) is 16.6. The fourth-order valence-electron chi connectivity index (χ4n) is 1.55. The van der Waals surface area contributed by atoms with Crippen LogP contribution >= 0.6 is 11.3 Å². The zero-order valence-corrected chi connectivity index (χ0v) is 13.0. The van der Waals surface area contributed by atoms with Crippen molar-refractivity contribution >= 4 is 33.1 Å². The average molecular weight is 319 g/mol. The number of hydrogen-bond donors (Lipinski definition) is 2. The minimum absolute atomic E-state index is 0.0587. The van der Waals surface area contributed by atoms with Crippen LogP contribution in [-0.4, -0.2) is 37.7 Å². The molecule has 0 aliphatic rings. The van der Waals surface area contributed by atoms with E-state index in [4.69, 9.17) is 5.11 Å². The molecule has 0 saturated carbocycles. The van der Waals surface area contributed by atoms with Crippen molar-refractivity contribution in [3.63, 3.8) is 0 Å². The van der Waals surface area contributed by atoms with Crippen molar-refractivity contribution in [2.45, 2.75) is 31.2 Å². The molecule has 0 aromatic carbocycles. The van der Waals surface area contributed by atoms with E-state index < -0.39 is 27.8 Å². The van der Waals surface area contributed by atoms with Gasteiger partial charge in [-0.25, -0.2) is 13.2 Å². The van der Waals surface area contributed by atoms with Crippen LogP contribution in [0.5, 0.6) is 0 Å². The standard InChI is InChI=1S/C12H17NO5S2/c1-7(2)4-9(12(15)16)13-11(14)10-5-8(6-19-10)20(3,17)18/h5-7,9H,4H2,1-3H3,(H,13,14)(H,15,16). The molecule has 0 fully saturated rings. The van der Waals surface area contributed by atoms with Crippen LogP contribution in [0.2, 0.25) is 0 Å². The first-order valence-corrected chi connectivity index (χ1v) is 8.70. The lowest BCUT2D eigenvalue weighted by atomic mass is 10.0. The molecule has 1 atom stereocenters. The van der Waals surface area contributed by atoms with Gasteiger partial charge in [0.1, 0.15) is 6.04 Å². The van der Waals surface area contributed by atoms with Crippen molar-refractivity contribution in [3.05, 3.63) is 16.3 Å². The molecule has 1 aromatic rings. The molecule has 0 saturated heterocycles. The Labute approximate surface area is 121 Å². The number of rotatable bonds is 6. The van der Waals surface area contributed by atoms with Crippen LogP contribution in [0.25, 0.3) is 0 Å². The highest BCUT2D eigenvalue weighted by Crippen LogP contribution is 2.19. The third kappa shape index (κ3) is 4.61. The fourth-order valence-corrected chi connectivity index (χ4v) is 3.48. The summed E-state index contributed by atoms with van der Waals surface area (Å²) in [5, 5.41) is 12.8. The molecule has 1 aromatic heterocycles. The molecule has 1 heterocycles. The summed E-state index contributed by atoms with van der Waals surface area (Å²) in [5.41, 5.74) is 0. The second-order valence-corrected chi connectivity index (χ2v) is 7.84. The molecule has 0 radical (unpaired) electrons. The number of amides is 1. The fraction of sp³-hybridized carbons (Fsp3) is 0.500. The minimum Gasteiger partial charge on any atom is -0.480 e. The summed E-state index contributed by atoms with van der Waals surface area (Å²) in [6.07, 6.45) is 1.36. The zero-order valence-electron chi connectivity index (χ0n) is 11.4. The molecule has 1 unspecified atom stereocenters. The molecule has 0 bridgehead atoms. The van der Waals surface area contributed by atoms with Gasteiger partial charge in [0.15, 0.2) is 9.84 Å². The summed E-state index contributed by atoms with van der Waals surface area (Å²) in [4.78, 5) is 23.2. The van der Waals surface area contributed by atoms with Gasteiger partial charge in [0, 0.05) is 11.6 Å². The van der Waals surface area contributed by atoms with E-state index in [1.807, 2.05) is 13.8 Å². The highest BCUT2D eigenvalue weighted by Gasteiger charge is 2.23. The Hall–Kier alpha value is -1.41. The summed E-state index contributed by atoms with van der Waals surface area (Å²) >= 11 is 0.973. The molecule has 6 nitrogen and oxygen atoms in total. The Morgan fingerprint density at radius 3 is 2.40 bits per heavy atom. The normalized spacial score (nSPS) is 13.2. The van der Waals surface area contributed by atoms with Gasteiger partial charge in [0.25, 0.3) is 5.91 Å². The topological polar surface area (TPSA) is 101 Å². The number of carbonyl (C=O) groups excluding carboxylic acids is 1. The van der Waals surface area contributed by atoms with Crippen molar-refractivity contribution in [1.29, 1.82) is 0 Å². The molecule has 1 amide bonds. The highest BCUT2D eigenvalue weighted by atomic mass is 32.2. The summed E-state index contributed by atoms with van der Waals surface area (Å²) in [6.45, 7) is 3.71. The van der Waals surface area contributed by atoms with E-state index in [2.05, 4.69) is 5.32 Å². The van der Waals surface area contributed by atoms with Crippen molar-refractivity contribution in [2.75, 3.05) is 6.26 Å². The van der Waals surface area contributed by atoms with Crippen molar-refractivity contribution in [3.8, 4) is 0 Å². The number of aliphatic carboxylic acids is 1. The highest BCUT2D eigenvalue weighted by molar-refractivity contribution is 7.90. The minimum atomic E-state index is -3.37. The predicted molar refractivity (Wildman–Crippen MR) is 75.8 cm³/mol. The van der Waals surface area contributed by atoms with Crippen LogP contribution in [0.15, 0.2) is 16.3 Å². The maximum Gasteiger partial charge on any atom is 0.326 e. The summed E-state index contributed by atoms with van der Waals surface area (Å²) < 4.78 is 22.7. The molecule has 8 heteroatoms. The molecule has 20 heavy (non-hydrogen) atoms. The number of thiophene rings is 1. The monoisotopic (exact) mass is 319 g/mol. The quantitative estimate of drug-likeness (QED) is 0.825. The van der Waals surface area contributed by atoms with Crippen molar-refractivity contribution in [1.82, 2.24) is 5.32 Å². The Balaban J connectivity index is 2.84. The first-order chi connectivity index (χ1) is 9.11. The molecule has 0 aliphatic carbocycles. The molecule has 2 N–H and O–H groups in total. The van der Waals surface area contributed by atoms with E-state index in [0.29, 0.717) is 6.42 Å². The zero-order chi connectivity index (χ0) is 15.5. The van der Waals surface area contributed by atoms with Crippen LogP contribution in [-0.2, 0) is 14.6 Å². The summed E-state index contributed by atoms with van der Waals surface area (Å²) in [7, 11) is -3.37. The van der Waals surface area contributed by atoms with Gasteiger partial charge in [-0.3, -0.25) is 4.79 Å². The number of carbonyl (C=O) groups is 2. The predicted octanol–water partition coefficient (Wildman–Crippen LogP) is 1.38. The van der Waals surface area contributed by atoms with Gasteiger partial charge in [-0.1, -0.05) is 13.8 Å². The Kier molecular flexibility index (Phi) is 5.29. The van der Waals surface area contributed by atoms with Crippen LogP contribution in [0, 0.1) is 5.92 Å². The first-order valence-electron chi connectivity index (χ1n) is 5.93. The van der Waals surface area contributed by atoms with Gasteiger partial charge in [-0.05, 0) is 18.4 Å². The SMILES string of the molecule is CC(C)CC(NC(=O)c1cc(S(C)(=O)=O)cs1)C(=O)O. The lowest BCUT2D eigenvalue weighted by Crippen LogP contribution is -2.41. The number of carboxylic acids is 1. The Morgan fingerprint density at radius 2 is 2.00 bits per heavy atom. The second-order valence-electron chi connectivity index (χ2n) is 4.91. The van der Waals surface area contributed by atoms with Gasteiger partial charge >= 0.3 is 5.97 Å². The molecular formula is C12H17NO5S2. The number of sulfone groups is 1. The van der Waals surface area contributed by atoms with Crippen LogP contribution in [0.4, 0.5) is 0 Å². The maximum atomic E-state index is 11.9. The van der Waals surface area contributed by atoms with Crippen LogP contribution in [0.1, 0.15) is 29.9 Å². The third-order valence-electron chi connectivity index (χ3n) is 2.54. The van der Waals surface area contributed by atoms with Gasteiger partial charge in [-0.2, -0.15) is 0 Å². The number of hydrogen-bond acceptors (Lipinski definition) is 5. The van der Waals surface area contributed by atoms with Gasteiger partial charge in [0.2, 0.25) is 0 Å². The van der Waals surface area contributed by atoms with Crippen molar-refractivity contribution < 1.29 is 23.1 Å². The number of carboxylic acid groups (broad SMARTS) is 1. The maximum absolute atomic E-state index is 11.9. The van der Waals surface area contributed by atoms with E-state index in [9.17, 15) is 18.0 Å². The van der Waals surface area contributed by atoms with Crippen LogP contribution < -0.4 is 5.32 Å². The number of nitrogens with one attached hydrogen (secondary N) is 1. The van der Waals surface area contributed by atoms with Crippen LogP contribution in [0.3, 0.4) is 0 Å². The largest absolute Gasteiger partial charge is 0.480 e. The third-order valence-corrected chi connectivity index (χ3v) is 4.71. The molecular weight excluding hydrogens is 302 g/mol. The Morgan fingerprint density at radius 1 is 1.40 bits per heavy atom. The van der Waals surface area contributed by atoms with Gasteiger partial charge in [0.05, 0.1) is 9.77 Å². The molecule has 112 valence electrons. The van der Waals surface area contributed by atoms with E-state index in [1.165, 1.54) is 11.4 Å². The lowest BCUT2D eigenvalue weighted by Gasteiger charge is -2.15. The second kappa shape index (κ2) is 6.36.